The number of hydrogen-bond acceptors (Lipinski definition) is 5. The predicted octanol–water partition coefficient (Wildman–Crippen LogP) is 3.41. The molecule has 0 spiro atoms. The third kappa shape index (κ3) is 3.47. The van der Waals surface area contributed by atoms with Gasteiger partial charge in [0, 0.05) is 6.07 Å². The van der Waals surface area contributed by atoms with Crippen LogP contribution in [0.5, 0.6) is 0 Å². The van der Waals surface area contributed by atoms with E-state index in [0.29, 0.717) is 5.32 Å². The molecular weight excluding hydrogens is 394 g/mol. The van der Waals surface area contributed by atoms with Crippen LogP contribution in [0.1, 0.15) is 0 Å². The number of rotatable bonds is 4. The Labute approximate surface area is 135 Å². The number of nitro benzene ring substituents is 2. The Balaban J connectivity index is 3.51. The third-order valence-corrected chi connectivity index (χ3v) is 2.80. The highest BCUT2D eigenvalue weighted by Gasteiger charge is 2.77. The predicted molar refractivity (Wildman–Crippen MR) is 64.3 cm³/mol. The molecule has 144 valence electrons. The van der Waals surface area contributed by atoms with Gasteiger partial charge in [0.05, 0.1) is 15.9 Å². The Kier molecular flexibility index (Phi) is 5.11. The van der Waals surface area contributed by atoms with Gasteiger partial charge in [-0.15, -0.1) is 0 Å². The summed E-state index contributed by atoms with van der Waals surface area (Å²) in [5.74, 6) is -5.40. The number of anilines is 1. The van der Waals surface area contributed by atoms with Crippen LogP contribution in [0.3, 0.4) is 0 Å². The first kappa shape index (κ1) is 21.0. The van der Waals surface area contributed by atoms with Crippen LogP contribution in [-0.4, -0.2) is 33.8 Å². The Bertz CT molecular complexity index is 761. The Hall–Kier alpha value is -3.07. The van der Waals surface area contributed by atoms with Crippen molar-refractivity contribution < 1.29 is 49.8 Å². The molecule has 0 heterocycles. The molecule has 8 nitrogen and oxygen atoms in total. The molecule has 0 radical (unpaired) electrons. The van der Waals surface area contributed by atoms with Gasteiger partial charge < -0.3 is 5.32 Å². The highest BCUT2D eigenvalue weighted by molar-refractivity contribution is 6.00. The van der Waals surface area contributed by atoms with Gasteiger partial charge in [-0.1, -0.05) is 0 Å². The van der Waals surface area contributed by atoms with Crippen LogP contribution in [0.25, 0.3) is 0 Å². The zero-order chi connectivity index (χ0) is 20.7. The normalized spacial score (nSPS) is 12.6. The van der Waals surface area contributed by atoms with Gasteiger partial charge in [-0.3, -0.25) is 25.0 Å². The highest BCUT2D eigenvalue weighted by Crippen LogP contribution is 2.47. The minimum Gasteiger partial charge on any atom is -0.317 e. The number of carbonyl (C=O) groups excluding carboxylic acids is 1. The number of nitro groups is 2. The molecule has 0 aliphatic carbocycles. The summed E-state index contributed by atoms with van der Waals surface area (Å²) in [5, 5.41) is 21.7. The van der Waals surface area contributed by atoms with Crippen LogP contribution >= 0.6 is 0 Å². The molecule has 0 saturated heterocycles. The average Bonchev–Trinajstić information content (AvgIpc) is 2.42. The monoisotopic (exact) mass is 397 g/mol. The smallest absolute Gasteiger partial charge is 0.317 e. The number of halogens is 8. The number of benzene rings is 1. The summed E-state index contributed by atoms with van der Waals surface area (Å²) in [6.45, 7) is 0. The lowest BCUT2D eigenvalue weighted by Gasteiger charge is -2.28. The molecular formula is C10H3F8N3O5. The minimum atomic E-state index is -6.82. The number of carbonyl (C=O) groups is 1. The van der Waals surface area contributed by atoms with Gasteiger partial charge in [0.1, 0.15) is 5.69 Å². The van der Waals surface area contributed by atoms with Crippen molar-refractivity contribution in [2.24, 2.45) is 0 Å². The molecule has 0 aliphatic rings. The quantitative estimate of drug-likeness (QED) is 0.475. The minimum absolute atomic E-state index is 0.175. The summed E-state index contributed by atoms with van der Waals surface area (Å²) in [4.78, 5) is 29.3. The van der Waals surface area contributed by atoms with E-state index in [0.717, 1.165) is 0 Å². The van der Waals surface area contributed by atoms with E-state index in [1.54, 1.807) is 0 Å². The van der Waals surface area contributed by atoms with E-state index < -0.39 is 56.7 Å². The van der Waals surface area contributed by atoms with Crippen LogP contribution in [0, 0.1) is 26.0 Å². The van der Waals surface area contributed by atoms with Crippen molar-refractivity contribution in [1.82, 2.24) is 0 Å². The molecule has 1 aromatic rings. The van der Waals surface area contributed by atoms with Crippen LogP contribution in [0.4, 0.5) is 52.2 Å². The molecule has 0 aromatic heterocycles. The van der Waals surface area contributed by atoms with Crippen LogP contribution in [0.15, 0.2) is 12.1 Å². The van der Waals surface area contributed by atoms with Crippen molar-refractivity contribution in [3.05, 3.63) is 38.2 Å². The molecule has 1 rings (SSSR count). The van der Waals surface area contributed by atoms with Crippen molar-refractivity contribution in [2.75, 3.05) is 5.32 Å². The van der Waals surface area contributed by atoms with Crippen molar-refractivity contribution >= 4 is 23.0 Å². The summed E-state index contributed by atoms with van der Waals surface area (Å²) in [6.07, 6.45) is -13.6. The van der Waals surface area contributed by atoms with Gasteiger partial charge in [0.2, 0.25) is 5.82 Å². The number of hydrogen-bond donors (Lipinski definition) is 1. The molecule has 0 atom stereocenters. The lowest BCUT2D eigenvalue weighted by Crippen LogP contribution is -2.61. The summed E-state index contributed by atoms with van der Waals surface area (Å²) in [7, 11) is 0. The molecule has 1 amide bonds. The molecule has 16 heteroatoms. The molecule has 1 aromatic carbocycles. The summed E-state index contributed by atoms with van der Waals surface area (Å²) in [5.41, 5.74) is -11.3. The van der Waals surface area contributed by atoms with Gasteiger partial charge in [-0.2, -0.15) is 30.7 Å². The molecule has 0 bridgehead atoms. The van der Waals surface area contributed by atoms with E-state index in [4.69, 9.17) is 0 Å². The largest absolute Gasteiger partial charge is 0.441 e. The fourth-order valence-electron chi connectivity index (χ4n) is 1.57. The first-order valence-corrected chi connectivity index (χ1v) is 5.80. The molecule has 0 fully saturated rings. The molecule has 26 heavy (non-hydrogen) atoms. The Morgan fingerprint density at radius 2 is 1.31 bits per heavy atom. The zero-order valence-corrected chi connectivity index (χ0v) is 11.6. The van der Waals surface area contributed by atoms with E-state index in [-0.39, 0.29) is 12.1 Å². The van der Waals surface area contributed by atoms with E-state index in [1.807, 2.05) is 0 Å². The van der Waals surface area contributed by atoms with Gasteiger partial charge >= 0.3 is 23.7 Å². The fraction of sp³-hybridized carbons (Fsp3) is 0.300. The molecule has 0 aliphatic heterocycles. The van der Waals surface area contributed by atoms with Gasteiger partial charge in [-0.05, 0) is 0 Å². The summed E-state index contributed by atoms with van der Waals surface area (Å²) >= 11 is 0. The number of alkyl halides is 7. The van der Waals surface area contributed by atoms with Crippen LogP contribution in [0.2, 0.25) is 0 Å². The second kappa shape index (κ2) is 6.34. The van der Waals surface area contributed by atoms with Crippen LogP contribution in [-0.2, 0) is 4.79 Å². The first-order chi connectivity index (χ1) is 11.5. The van der Waals surface area contributed by atoms with Gasteiger partial charge in [0.15, 0.2) is 0 Å². The fourth-order valence-corrected chi connectivity index (χ4v) is 1.57. The standard InChI is InChI=1S/C10H3F8N3O5/c11-3-1-4(6(21(25)26)2-5(3)20(23)24)19-7(22)8(12,9(13,14)15)10(16,17)18/h1-2H,(H,19,22). The molecule has 1 N–H and O–H groups in total. The topological polar surface area (TPSA) is 115 Å². The lowest BCUT2D eigenvalue weighted by molar-refractivity contribution is -0.395. The summed E-state index contributed by atoms with van der Waals surface area (Å²) < 4.78 is 101. The maximum absolute atomic E-state index is 13.5. The van der Waals surface area contributed by atoms with E-state index in [2.05, 4.69) is 0 Å². The van der Waals surface area contributed by atoms with Crippen LogP contribution < -0.4 is 5.32 Å². The Morgan fingerprint density at radius 1 is 0.885 bits per heavy atom. The number of nitrogens with one attached hydrogen (secondary N) is 1. The number of amides is 1. The van der Waals surface area contributed by atoms with Crippen molar-refractivity contribution in [2.45, 2.75) is 18.0 Å². The maximum Gasteiger partial charge on any atom is 0.441 e. The van der Waals surface area contributed by atoms with Crippen molar-refractivity contribution in [3.63, 3.8) is 0 Å². The highest BCUT2D eigenvalue weighted by atomic mass is 19.4. The second-order valence-corrected chi connectivity index (χ2v) is 4.44. The lowest BCUT2D eigenvalue weighted by atomic mass is 10.0. The Morgan fingerprint density at radius 3 is 1.65 bits per heavy atom. The molecule has 0 unspecified atom stereocenters. The first-order valence-electron chi connectivity index (χ1n) is 5.80. The van der Waals surface area contributed by atoms with E-state index in [1.165, 1.54) is 0 Å². The number of nitrogens with zero attached hydrogens (tertiary/aromatic N) is 2. The maximum atomic E-state index is 13.5. The second-order valence-electron chi connectivity index (χ2n) is 4.44. The molecule has 0 saturated carbocycles. The zero-order valence-electron chi connectivity index (χ0n) is 11.6. The van der Waals surface area contributed by atoms with E-state index in [9.17, 15) is 60.1 Å². The van der Waals surface area contributed by atoms with E-state index >= 15 is 0 Å². The van der Waals surface area contributed by atoms with Gasteiger partial charge in [0.25, 0.3) is 11.6 Å². The summed E-state index contributed by atoms with van der Waals surface area (Å²) in [6, 6.07) is -0.465. The van der Waals surface area contributed by atoms with Gasteiger partial charge in [-0.25, -0.2) is 4.39 Å². The third-order valence-electron chi connectivity index (χ3n) is 2.80. The average molecular weight is 397 g/mol. The SMILES string of the molecule is O=C(Nc1cc(F)c([N+](=O)[O-])cc1[N+](=O)[O-])C(F)(C(F)(F)F)C(F)(F)F. The van der Waals surface area contributed by atoms with Crippen molar-refractivity contribution in [3.8, 4) is 0 Å². The van der Waals surface area contributed by atoms with Crippen molar-refractivity contribution in [1.29, 1.82) is 0 Å².